The van der Waals surface area contributed by atoms with Gasteiger partial charge < -0.3 is 10.3 Å². The van der Waals surface area contributed by atoms with E-state index in [4.69, 9.17) is 0 Å². The Morgan fingerprint density at radius 2 is 1.38 bits per heavy atom. The molecule has 0 saturated heterocycles. The van der Waals surface area contributed by atoms with E-state index in [9.17, 15) is 9.59 Å². The lowest BCUT2D eigenvalue weighted by Crippen LogP contribution is -2.30. The van der Waals surface area contributed by atoms with Crippen LogP contribution in [-0.4, -0.2) is 16.7 Å². The van der Waals surface area contributed by atoms with Crippen molar-refractivity contribution >= 4 is 11.7 Å². The van der Waals surface area contributed by atoms with Gasteiger partial charge in [0, 0.05) is 11.3 Å². The second-order valence-corrected chi connectivity index (χ2v) is 6.41. The number of carbonyl (C=O) groups is 2. The van der Waals surface area contributed by atoms with Crippen LogP contribution in [0.3, 0.4) is 0 Å². The highest BCUT2D eigenvalue weighted by Crippen LogP contribution is 2.24. The first-order chi connectivity index (χ1) is 12.5. The third-order valence-corrected chi connectivity index (χ3v) is 4.56. The summed E-state index contributed by atoms with van der Waals surface area (Å²) in [5.74, 6) is -0.270. The largest absolute Gasteiger partial charge is 0.354 e. The van der Waals surface area contributed by atoms with Gasteiger partial charge in [-0.3, -0.25) is 9.59 Å². The third-order valence-electron chi connectivity index (χ3n) is 4.56. The number of rotatable bonds is 5. The summed E-state index contributed by atoms with van der Waals surface area (Å²) in [4.78, 5) is 27.9. The molecule has 0 spiro atoms. The van der Waals surface area contributed by atoms with Crippen LogP contribution < -0.4 is 5.32 Å². The van der Waals surface area contributed by atoms with Crippen LogP contribution in [0.2, 0.25) is 0 Å². The minimum Gasteiger partial charge on any atom is -0.354 e. The predicted octanol–water partition coefficient (Wildman–Crippen LogP) is 4.35. The molecule has 0 atom stereocenters. The van der Waals surface area contributed by atoms with E-state index in [1.54, 1.807) is 6.92 Å². The molecule has 3 aromatic rings. The Labute approximate surface area is 153 Å². The van der Waals surface area contributed by atoms with E-state index in [0.29, 0.717) is 16.8 Å². The molecule has 132 valence electrons. The molecule has 0 aliphatic rings. The maximum atomic E-state index is 13.0. The van der Waals surface area contributed by atoms with E-state index in [2.05, 4.69) is 10.3 Å². The lowest BCUT2D eigenvalue weighted by atomic mass is 9.98. The number of H-pyrrole nitrogens is 1. The number of nitrogens with one attached hydrogen (secondary N) is 2. The number of ketones is 1. The summed E-state index contributed by atoms with van der Waals surface area (Å²) in [6.45, 7) is 5.13. The molecule has 1 aromatic heterocycles. The summed E-state index contributed by atoms with van der Waals surface area (Å²) >= 11 is 0. The second kappa shape index (κ2) is 7.40. The van der Waals surface area contributed by atoms with Crippen LogP contribution >= 0.6 is 0 Å². The predicted molar refractivity (Wildman–Crippen MR) is 102 cm³/mol. The molecule has 3 rings (SSSR count). The minimum absolute atomic E-state index is 0.0435. The maximum Gasteiger partial charge on any atom is 0.268 e. The number of hydrogen-bond donors (Lipinski definition) is 2. The van der Waals surface area contributed by atoms with E-state index in [1.165, 1.54) is 6.92 Å². The van der Waals surface area contributed by atoms with Gasteiger partial charge in [-0.05, 0) is 37.5 Å². The number of aromatic nitrogens is 1. The maximum absolute atomic E-state index is 13.0. The summed E-state index contributed by atoms with van der Waals surface area (Å²) in [5.41, 5.74) is 4.43. The summed E-state index contributed by atoms with van der Waals surface area (Å²) in [6.07, 6.45) is 0. The van der Waals surface area contributed by atoms with Gasteiger partial charge in [-0.15, -0.1) is 0 Å². The molecule has 0 unspecified atom stereocenters. The highest BCUT2D eigenvalue weighted by atomic mass is 16.2. The zero-order valence-electron chi connectivity index (χ0n) is 15.2. The van der Waals surface area contributed by atoms with Crippen LogP contribution in [-0.2, 0) is 0 Å². The average Bonchev–Trinajstić information content (AvgIpc) is 2.95. The first-order valence-corrected chi connectivity index (χ1v) is 8.60. The standard InChI is InChI=1S/C22H22N2O2/c1-14-19(16(3)25)15(2)23-20(14)22(26)24-21(17-10-6-4-7-11-17)18-12-8-5-9-13-18/h4-13,21,23H,1-3H3,(H,24,26). The Bertz CT molecular complexity index is 888. The van der Waals surface area contributed by atoms with Crippen LogP contribution in [0.5, 0.6) is 0 Å². The molecule has 4 heteroatoms. The van der Waals surface area contributed by atoms with Crippen molar-refractivity contribution in [3.63, 3.8) is 0 Å². The minimum atomic E-state index is -0.270. The Balaban J connectivity index is 1.97. The molecule has 26 heavy (non-hydrogen) atoms. The summed E-state index contributed by atoms with van der Waals surface area (Å²) in [7, 11) is 0. The van der Waals surface area contributed by atoms with Crippen molar-refractivity contribution in [2.45, 2.75) is 26.8 Å². The number of aryl methyl sites for hydroxylation is 1. The van der Waals surface area contributed by atoms with Crippen molar-refractivity contribution < 1.29 is 9.59 Å². The normalized spacial score (nSPS) is 10.8. The smallest absolute Gasteiger partial charge is 0.268 e. The van der Waals surface area contributed by atoms with E-state index in [-0.39, 0.29) is 17.7 Å². The molecule has 1 amide bonds. The van der Waals surface area contributed by atoms with Gasteiger partial charge in [0.2, 0.25) is 0 Å². The fourth-order valence-corrected chi connectivity index (χ4v) is 3.36. The molecule has 2 N–H and O–H groups in total. The number of amides is 1. The summed E-state index contributed by atoms with van der Waals surface area (Å²) in [6, 6.07) is 19.4. The number of Topliss-reactive ketones (excluding diaryl/α,β-unsaturated/α-hetero) is 1. The van der Waals surface area contributed by atoms with Crippen molar-refractivity contribution in [3.05, 3.63) is 94.3 Å². The zero-order chi connectivity index (χ0) is 18.7. The average molecular weight is 346 g/mol. The lowest BCUT2D eigenvalue weighted by Gasteiger charge is -2.20. The fraction of sp³-hybridized carbons (Fsp3) is 0.182. The molecule has 0 radical (unpaired) electrons. The van der Waals surface area contributed by atoms with E-state index in [0.717, 1.165) is 16.8 Å². The Hall–Kier alpha value is -3.14. The van der Waals surface area contributed by atoms with Crippen molar-refractivity contribution in [3.8, 4) is 0 Å². The topological polar surface area (TPSA) is 62.0 Å². The van der Waals surface area contributed by atoms with Crippen LogP contribution in [0.25, 0.3) is 0 Å². The first kappa shape index (κ1) is 17.7. The summed E-state index contributed by atoms with van der Waals surface area (Å²) in [5, 5.41) is 3.10. The molecule has 1 heterocycles. The second-order valence-electron chi connectivity index (χ2n) is 6.41. The Kier molecular flexibility index (Phi) is 5.03. The van der Waals surface area contributed by atoms with Gasteiger partial charge in [-0.1, -0.05) is 60.7 Å². The molecule has 0 bridgehead atoms. The van der Waals surface area contributed by atoms with Crippen LogP contribution in [0, 0.1) is 13.8 Å². The van der Waals surface area contributed by atoms with E-state index >= 15 is 0 Å². The van der Waals surface area contributed by atoms with Gasteiger partial charge in [0.15, 0.2) is 5.78 Å². The van der Waals surface area contributed by atoms with E-state index < -0.39 is 0 Å². The SMILES string of the molecule is CC(=O)c1c(C)[nH]c(C(=O)NC(c2ccccc2)c2ccccc2)c1C. The number of benzene rings is 2. The monoisotopic (exact) mass is 346 g/mol. The summed E-state index contributed by atoms with van der Waals surface area (Å²) < 4.78 is 0. The van der Waals surface area contributed by atoms with Crippen LogP contribution in [0.1, 0.15) is 56.2 Å². The number of carbonyl (C=O) groups excluding carboxylic acids is 2. The molecule has 0 saturated carbocycles. The van der Waals surface area contributed by atoms with Gasteiger partial charge >= 0.3 is 0 Å². The van der Waals surface area contributed by atoms with Gasteiger partial charge in [-0.2, -0.15) is 0 Å². The molecule has 0 aliphatic carbocycles. The molecule has 0 aliphatic heterocycles. The molecular formula is C22H22N2O2. The molecule has 0 fully saturated rings. The van der Waals surface area contributed by atoms with Gasteiger partial charge in [0.1, 0.15) is 5.69 Å². The van der Waals surface area contributed by atoms with Crippen molar-refractivity contribution in [1.82, 2.24) is 10.3 Å². The van der Waals surface area contributed by atoms with Gasteiger partial charge in [0.05, 0.1) is 6.04 Å². The van der Waals surface area contributed by atoms with Gasteiger partial charge in [-0.25, -0.2) is 0 Å². The van der Waals surface area contributed by atoms with E-state index in [1.807, 2.05) is 67.6 Å². The highest BCUT2D eigenvalue weighted by Gasteiger charge is 2.23. The quantitative estimate of drug-likeness (QED) is 0.675. The molecular weight excluding hydrogens is 324 g/mol. The zero-order valence-corrected chi connectivity index (χ0v) is 15.2. The third kappa shape index (κ3) is 3.45. The highest BCUT2D eigenvalue weighted by molar-refractivity contribution is 6.02. The number of hydrogen-bond acceptors (Lipinski definition) is 2. The van der Waals surface area contributed by atoms with Crippen molar-refractivity contribution in [2.75, 3.05) is 0 Å². The fourth-order valence-electron chi connectivity index (χ4n) is 3.36. The van der Waals surface area contributed by atoms with Crippen molar-refractivity contribution in [2.24, 2.45) is 0 Å². The van der Waals surface area contributed by atoms with Gasteiger partial charge in [0.25, 0.3) is 5.91 Å². The molecule has 2 aromatic carbocycles. The molecule has 4 nitrogen and oxygen atoms in total. The van der Waals surface area contributed by atoms with Crippen LogP contribution in [0.4, 0.5) is 0 Å². The number of aromatic amines is 1. The van der Waals surface area contributed by atoms with Crippen LogP contribution in [0.15, 0.2) is 60.7 Å². The lowest BCUT2D eigenvalue weighted by molar-refractivity contribution is 0.0937. The Morgan fingerprint density at radius 3 is 1.81 bits per heavy atom. The van der Waals surface area contributed by atoms with Crippen molar-refractivity contribution in [1.29, 1.82) is 0 Å². The Morgan fingerprint density at radius 1 is 0.885 bits per heavy atom. The first-order valence-electron chi connectivity index (χ1n) is 8.60.